The summed E-state index contributed by atoms with van der Waals surface area (Å²) in [5, 5.41) is 1.17. The third-order valence-electron chi connectivity index (χ3n) is 4.65. The lowest BCUT2D eigenvalue weighted by atomic mass is 10.2. The predicted octanol–water partition coefficient (Wildman–Crippen LogP) is 6.50. The molecule has 0 atom stereocenters. The Labute approximate surface area is 191 Å². The minimum absolute atomic E-state index is 0.733. The maximum atomic E-state index is 5.89. The van der Waals surface area contributed by atoms with Crippen LogP contribution in [0.2, 0.25) is 0 Å². The molecule has 31 heavy (non-hydrogen) atoms. The molecule has 0 unspecified atom stereocenters. The highest BCUT2D eigenvalue weighted by atomic mass is 32.2. The van der Waals surface area contributed by atoms with Crippen LogP contribution < -0.4 is 0 Å². The summed E-state index contributed by atoms with van der Waals surface area (Å²) in [6, 6.07) is 10.3. The number of ether oxygens (including phenoxy) is 1. The zero-order valence-electron chi connectivity index (χ0n) is 19.3. The summed E-state index contributed by atoms with van der Waals surface area (Å²) in [6.45, 7) is 3.78. The van der Waals surface area contributed by atoms with Crippen LogP contribution in [-0.4, -0.2) is 50.7 Å². The van der Waals surface area contributed by atoms with Gasteiger partial charge in [-0.15, -0.1) is 11.8 Å². The second-order valence-corrected chi connectivity index (χ2v) is 8.56. The van der Waals surface area contributed by atoms with Crippen LogP contribution in [0.4, 0.5) is 0 Å². The van der Waals surface area contributed by atoms with Gasteiger partial charge in [-0.1, -0.05) is 36.4 Å². The number of allylic oxidation sites excluding steroid dienone is 5. The quantitative estimate of drug-likeness (QED) is 0.145. The summed E-state index contributed by atoms with van der Waals surface area (Å²) < 4.78 is 11.7. The lowest BCUT2D eigenvalue weighted by Gasteiger charge is -2.10. The Morgan fingerprint density at radius 3 is 2.84 bits per heavy atom. The molecule has 0 radical (unpaired) electrons. The highest BCUT2D eigenvalue weighted by Gasteiger charge is 2.04. The normalized spacial score (nSPS) is 13.3. The summed E-state index contributed by atoms with van der Waals surface area (Å²) >= 11 is 1.85. The molecule has 0 aliphatic rings. The summed E-state index contributed by atoms with van der Waals surface area (Å²) in [5.41, 5.74) is 2.18. The molecule has 0 bridgehead atoms. The van der Waals surface area contributed by atoms with Gasteiger partial charge in [0.1, 0.15) is 17.1 Å². The molecule has 0 saturated carbocycles. The molecule has 1 heterocycles. The van der Waals surface area contributed by atoms with Crippen LogP contribution in [-0.2, 0) is 10.5 Å². The molecule has 0 amide bonds. The van der Waals surface area contributed by atoms with E-state index in [-0.39, 0.29) is 0 Å². The lowest BCUT2D eigenvalue weighted by molar-refractivity contribution is 0.207. The Morgan fingerprint density at radius 1 is 1.26 bits per heavy atom. The van der Waals surface area contributed by atoms with E-state index in [1.54, 1.807) is 0 Å². The average molecular weight is 441 g/mol. The van der Waals surface area contributed by atoms with Crippen LogP contribution in [0, 0.1) is 0 Å². The Bertz CT molecular complexity index is 861. The van der Waals surface area contributed by atoms with E-state index in [4.69, 9.17) is 9.15 Å². The van der Waals surface area contributed by atoms with Crippen molar-refractivity contribution in [1.82, 2.24) is 4.90 Å². The van der Waals surface area contributed by atoms with Crippen molar-refractivity contribution in [3.05, 3.63) is 72.2 Å². The van der Waals surface area contributed by atoms with Gasteiger partial charge < -0.3 is 14.1 Å². The van der Waals surface area contributed by atoms with Gasteiger partial charge in [-0.2, -0.15) is 0 Å². The number of fused-ring (bicyclic) bond motifs is 1. The lowest BCUT2D eigenvalue weighted by Crippen LogP contribution is -2.14. The van der Waals surface area contributed by atoms with Crippen molar-refractivity contribution in [2.75, 3.05) is 40.0 Å². The molecule has 0 spiro atoms. The largest absolute Gasteiger partial charge is 0.494 e. The number of nitrogens with zero attached hydrogens (tertiary/aromatic N) is 2. The number of para-hydroxylation sites is 1. The van der Waals surface area contributed by atoms with E-state index in [1.165, 1.54) is 11.1 Å². The van der Waals surface area contributed by atoms with Crippen LogP contribution in [0.1, 0.15) is 31.9 Å². The van der Waals surface area contributed by atoms with E-state index < -0.39 is 0 Å². The zero-order chi connectivity index (χ0) is 22.3. The van der Waals surface area contributed by atoms with Gasteiger partial charge in [-0.05, 0) is 64.6 Å². The monoisotopic (exact) mass is 440 g/mol. The minimum atomic E-state index is 0.733. The summed E-state index contributed by atoms with van der Waals surface area (Å²) in [7, 11) is 6.04. The van der Waals surface area contributed by atoms with Crippen molar-refractivity contribution in [2.45, 2.75) is 31.9 Å². The van der Waals surface area contributed by atoms with E-state index >= 15 is 0 Å². The molecule has 0 aliphatic heterocycles. The van der Waals surface area contributed by atoms with Gasteiger partial charge in [-0.25, -0.2) is 0 Å². The van der Waals surface area contributed by atoms with Crippen LogP contribution in [0.15, 0.2) is 75.9 Å². The minimum Gasteiger partial charge on any atom is -0.494 e. The maximum absolute atomic E-state index is 5.89. The highest BCUT2D eigenvalue weighted by molar-refractivity contribution is 7.99. The first-order valence-corrected chi connectivity index (χ1v) is 12.0. The van der Waals surface area contributed by atoms with Gasteiger partial charge in [0, 0.05) is 30.4 Å². The second kappa shape index (κ2) is 14.7. The molecule has 2 rings (SSSR count). The van der Waals surface area contributed by atoms with E-state index in [0.29, 0.717) is 0 Å². The molecule has 1 aromatic heterocycles. The first-order chi connectivity index (χ1) is 15.1. The van der Waals surface area contributed by atoms with E-state index in [0.717, 1.165) is 61.0 Å². The van der Waals surface area contributed by atoms with Crippen LogP contribution in [0.5, 0.6) is 0 Å². The zero-order valence-corrected chi connectivity index (χ0v) is 20.2. The predicted molar refractivity (Wildman–Crippen MR) is 136 cm³/mol. The van der Waals surface area contributed by atoms with Crippen molar-refractivity contribution in [3.63, 3.8) is 0 Å². The number of hydrogen-bond acceptors (Lipinski definition) is 5. The third-order valence-corrected chi connectivity index (χ3v) is 5.68. The summed E-state index contributed by atoms with van der Waals surface area (Å²) in [5.74, 6) is 3.72. The molecule has 1 aromatic carbocycles. The van der Waals surface area contributed by atoms with Gasteiger partial charge in [0.05, 0.1) is 12.4 Å². The molecule has 0 saturated heterocycles. The molecular weight excluding hydrogens is 404 g/mol. The van der Waals surface area contributed by atoms with Gasteiger partial charge in [0.2, 0.25) is 0 Å². The average Bonchev–Trinajstić information content (AvgIpc) is 3.17. The number of rotatable bonds is 14. The SMILES string of the molecule is C\C=C/C(=C\C=C\CCC(CSCc1cc2ccccc2o1)=NC)OCCCN(C)C. The topological polar surface area (TPSA) is 38.0 Å². The van der Waals surface area contributed by atoms with Gasteiger partial charge >= 0.3 is 0 Å². The summed E-state index contributed by atoms with van der Waals surface area (Å²) in [4.78, 5) is 6.64. The van der Waals surface area contributed by atoms with Crippen molar-refractivity contribution in [2.24, 2.45) is 4.99 Å². The van der Waals surface area contributed by atoms with E-state index in [2.05, 4.69) is 48.3 Å². The first kappa shape index (κ1) is 25.0. The fraction of sp³-hybridized carbons (Fsp3) is 0.423. The molecule has 168 valence electrons. The fourth-order valence-corrected chi connectivity index (χ4v) is 3.98. The first-order valence-electron chi connectivity index (χ1n) is 10.9. The van der Waals surface area contributed by atoms with Crippen molar-refractivity contribution >= 4 is 28.4 Å². The van der Waals surface area contributed by atoms with Gasteiger partial charge in [0.25, 0.3) is 0 Å². The number of thioether (sulfide) groups is 1. The Hall–Kier alpha value is -2.24. The molecule has 5 heteroatoms. The standard InChI is InChI=1S/C26H36N2O2S/c1-5-12-24(29-18-11-17-28(3)4)15-8-6-7-14-23(27-2)20-31-21-25-19-22-13-9-10-16-26(22)30-25/h5-6,8-10,12-13,15-16,19H,7,11,14,17-18,20-21H2,1-4H3/b8-6+,12-5-,24-15+,27-23?. The number of hydrogen-bond donors (Lipinski definition) is 0. The molecule has 0 aliphatic carbocycles. The molecule has 2 aromatic rings. The fourth-order valence-electron chi connectivity index (χ4n) is 3.02. The summed E-state index contributed by atoms with van der Waals surface area (Å²) in [6.07, 6.45) is 13.3. The van der Waals surface area contributed by atoms with E-state index in [9.17, 15) is 0 Å². The number of benzene rings is 1. The van der Waals surface area contributed by atoms with Crippen molar-refractivity contribution in [3.8, 4) is 0 Å². The number of aliphatic imine (C=N–C) groups is 1. The van der Waals surface area contributed by atoms with E-state index in [1.807, 2.05) is 62.2 Å². The smallest absolute Gasteiger partial charge is 0.134 e. The number of furan rings is 1. The Morgan fingerprint density at radius 2 is 2.10 bits per heavy atom. The highest BCUT2D eigenvalue weighted by Crippen LogP contribution is 2.22. The molecule has 0 N–H and O–H groups in total. The van der Waals surface area contributed by atoms with Crippen LogP contribution in [0.25, 0.3) is 11.0 Å². The Balaban J connectivity index is 1.70. The van der Waals surface area contributed by atoms with Crippen molar-refractivity contribution in [1.29, 1.82) is 0 Å². The Kier molecular flexibility index (Phi) is 11.9. The van der Waals surface area contributed by atoms with Gasteiger partial charge in [0.15, 0.2) is 0 Å². The van der Waals surface area contributed by atoms with Gasteiger partial charge in [-0.3, -0.25) is 4.99 Å². The second-order valence-electron chi connectivity index (χ2n) is 7.57. The third kappa shape index (κ3) is 10.1. The van der Waals surface area contributed by atoms with Crippen molar-refractivity contribution < 1.29 is 9.15 Å². The molecular formula is C26H36N2O2S. The maximum Gasteiger partial charge on any atom is 0.134 e. The van der Waals surface area contributed by atoms with Crippen LogP contribution >= 0.6 is 11.8 Å². The molecule has 0 fully saturated rings. The van der Waals surface area contributed by atoms with Crippen LogP contribution in [0.3, 0.4) is 0 Å². The molecule has 4 nitrogen and oxygen atoms in total.